The molecule has 2 rings (SSSR count). The number of aromatic nitrogens is 1. The molecule has 0 aliphatic carbocycles. The molecular weight excluding hydrogens is 312 g/mol. The molecule has 1 aromatic carbocycles. The average molecular weight is 327 g/mol. The number of pyridine rings is 1. The van der Waals surface area contributed by atoms with Gasteiger partial charge in [0.05, 0.1) is 17.7 Å². The number of aryl methyl sites for hydroxylation is 2. The zero-order chi connectivity index (χ0) is 15.6. The molecule has 0 radical (unpaired) electrons. The molecule has 0 bridgehead atoms. The van der Waals surface area contributed by atoms with Crippen molar-refractivity contribution in [2.75, 3.05) is 11.8 Å². The van der Waals surface area contributed by atoms with Gasteiger partial charge >= 0.3 is 0 Å². The van der Waals surface area contributed by atoms with Crippen LogP contribution in [0.15, 0.2) is 35.4 Å². The fraction of sp³-hybridized carbons (Fsp3) is 0.214. The molecule has 0 aliphatic heterocycles. The first-order chi connectivity index (χ1) is 9.85. The van der Waals surface area contributed by atoms with Crippen LogP contribution in [0, 0.1) is 13.8 Å². The molecule has 1 aromatic heterocycles. The van der Waals surface area contributed by atoms with Crippen molar-refractivity contribution in [1.29, 1.82) is 0 Å². The summed E-state index contributed by atoms with van der Waals surface area (Å²) in [6.45, 7) is 3.53. The van der Waals surface area contributed by atoms with Crippen molar-refractivity contribution in [3.8, 4) is 5.75 Å². The SMILES string of the molecule is COc1ccc(S(=O)(=O)Nc2c(C)ccnc2Cl)cc1C. The van der Waals surface area contributed by atoms with Crippen molar-refractivity contribution < 1.29 is 13.2 Å². The van der Waals surface area contributed by atoms with Gasteiger partial charge in [0.1, 0.15) is 5.75 Å². The van der Waals surface area contributed by atoms with Crippen LogP contribution in [0.3, 0.4) is 0 Å². The molecule has 21 heavy (non-hydrogen) atoms. The van der Waals surface area contributed by atoms with Gasteiger partial charge in [0.15, 0.2) is 5.15 Å². The van der Waals surface area contributed by atoms with Gasteiger partial charge in [-0.25, -0.2) is 13.4 Å². The summed E-state index contributed by atoms with van der Waals surface area (Å²) in [5.74, 6) is 0.629. The standard InChI is InChI=1S/C14H15ClN2O3S/c1-9-6-7-16-14(15)13(9)17-21(18,19)11-4-5-12(20-3)10(2)8-11/h4-8,17H,1-3H3. The van der Waals surface area contributed by atoms with E-state index < -0.39 is 10.0 Å². The normalized spacial score (nSPS) is 11.2. The Morgan fingerprint density at radius 2 is 1.90 bits per heavy atom. The second kappa shape index (κ2) is 5.91. The van der Waals surface area contributed by atoms with Gasteiger partial charge in [0.25, 0.3) is 10.0 Å². The zero-order valence-corrected chi connectivity index (χ0v) is 13.4. The maximum Gasteiger partial charge on any atom is 0.262 e. The summed E-state index contributed by atoms with van der Waals surface area (Å²) in [7, 11) is -2.20. The summed E-state index contributed by atoms with van der Waals surface area (Å²) in [4.78, 5) is 4.02. The Labute approximate surface area is 129 Å². The third-order valence-corrected chi connectivity index (χ3v) is 4.66. The Hall–Kier alpha value is -1.79. The highest BCUT2D eigenvalue weighted by Crippen LogP contribution is 2.27. The van der Waals surface area contributed by atoms with Crippen LogP contribution in [0.4, 0.5) is 5.69 Å². The van der Waals surface area contributed by atoms with Crippen LogP contribution in [-0.4, -0.2) is 20.5 Å². The van der Waals surface area contributed by atoms with Gasteiger partial charge in [-0.05, 0) is 49.2 Å². The third-order valence-electron chi connectivity index (χ3n) is 3.03. The number of nitrogens with one attached hydrogen (secondary N) is 1. The highest BCUT2D eigenvalue weighted by molar-refractivity contribution is 7.92. The van der Waals surface area contributed by atoms with E-state index in [9.17, 15) is 8.42 Å². The van der Waals surface area contributed by atoms with Gasteiger partial charge in [-0.1, -0.05) is 11.6 Å². The summed E-state index contributed by atoms with van der Waals surface area (Å²) < 4.78 is 32.4. The lowest BCUT2D eigenvalue weighted by atomic mass is 10.2. The maximum absolute atomic E-state index is 12.4. The number of benzene rings is 1. The number of methoxy groups -OCH3 is 1. The van der Waals surface area contributed by atoms with E-state index in [0.29, 0.717) is 11.3 Å². The molecule has 0 unspecified atom stereocenters. The molecule has 1 heterocycles. The van der Waals surface area contributed by atoms with E-state index in [-0.39, 0.29) is 15.7 Å². The van der Waals surface area contributed by atoms with E-state index in [0.717, 1.165) is 5.56 Å². The van der Waals surface area contributed by atoms with Gasteiger partial charge in [0, 0.05) is 6.20 Å². The zero-order valence-electron chi connectivity index (χ0n) is 11.8. The lowest BCUT2D eigenvalue weighted by molar-refractivity contribution is 0.411. The topological polar surface area (TPSA) is 68.3 Å². The summed E-state index contributed by atoms with van der Waals surface area (Å²) in [6, 6.07) is 6.32. The third kappa shape index (κ3) is 3.28. The Morgan fingerprint density at radius 3 is 2.48 bits per heavy atom. The average Bonchev–Trinajstić information content (AvgIpc) is 2.43. The smallest absolute Gasteiger partial charge is 0.262 e. The molecule has 0 saturated heterocycles. The van der Waals surface area contributed by atoms with E-state index in [1.165, 1.54) is 19.4 Å². The largest absolute Gasteiger partial charge is 0.496 e. The number of sulfonamides is 1. The van der Waals surface area contributed by atoms with Gasteiger partial charge < -0.3 is 4.74 Å². The van der Waals surface area contributed by atoms with E-state index in [1.54, 1.807) is 32.0 Å². The minimum absolute atomic E-state index is 0.115. The van der Waals surface area contributed by atoms with Crippen molar-refractivity contribution in [2.24, 2.45) is 0 Å². The minimum Gasteiger partial charge on any atom is -0.496 e. The van der Waals surface area contributed by atoms with Crippen molar-refractivity contribution >= 4 is 27.3 Å². The molecule has 0 spiro atoms. The first-order valence-electron chi connectivity index (χ1n) is 6.13. The monoisotopic (exact) mass is 326 g/mol. The van der Waals surface area contributed by atoms with Crippen molar-refractivity contribution in [3.05, 3.63) is 46.7 Å². The molecule has 5 nitrogen and oxygen atoms in total. The number of anilines is 1. The van der Waals surface area contributed by atoms with E-state index in [1.807, 2.05) is 0 Å². The Kier molecular flexibility index (Phi) is 4.39. The number of rotatable bonds is 4. The summed E-state index contributed by atoms with van der Waals surface area (Å²) >= 11 is 5.94. The summed E-state index contributed by atoms with van der Waals surface area (Å²) in [5.41, 5.74) is 1.71. The lowest BCUT2D eigenvalue weighted by Crippen LogP contribution is -2.14. The van der Waals surface area contributed by atoms with Crippen molar-refractivity contribution in [1.82, 2.24) is 4.98 Å². The van der Waals surface area contributed by atoms with E-state index in [2.05, 4.69) is 9.71 Å². The number of nitrogens with zero attached hydrogens (tertiary/aromatic N) is 1. The van der Waals surface area contributed by atoms with Gasteiger partial charge in [0.2, 0.25) is 0 Å². The lowest BCUT2D eigenvalue weighted by Gasteiger charge is -2.12. The van der Waals surface area contributed by atoms with Crippen LogP contribution < -0.4 is 9.46 Å². The second-order valence-corrected chi connectivity index (χ2v) is 6.57. The molecule has 0 amide bonds. The Balaban J connectivity index is 2.41. The molecular formula is C14H15ClN2O3S. The van der Waals surface area contributed by atoms with Crippen LogP contribution >= 0.6 is 11.6 Å². The number of hydrogen-bond donors (Lipinski definition) is 1. The second-order valence-electron chi connectivity index (χ2n) is 4.53. The molecule has 7 heteroatoms. The fourth-order valence-corrected chi connectivity index (χ4v) is 3.39. The number of halogens is 1. The van der Waals surface area contributed by atoms with E-state index >= 15 is 0 Å². The fourth-order valence-electron chi connectivity index (χ4n) is 1.86. The highest BCUT2D eigenvalue weighted by Gasteiger charge is 2.18. The Bertz CT molecular complexity index is 756. The molecule has 0 atom stereocenters. The molecule has 1 N–H and O–H groups in total. The molecule has 112 valence electrons. The van der Waals surface area contributed by atoms with Crippen LogP contribution in [-0.2, 0) is 10.0 Å². The van der Waals surface area contributed by atoms with Gasteiger partial charge in [-0.3, -0.25) is 4.72 Å². The number of ether oxygens (including phenoxy) is 1. The van der Waals surface area contributed by atoms with Crippen molar-refractivity contribution in [2.45, 2.75) is 18.7 Å². The van der Waals surface area contributed by atoms with Crippen LogP contribution in [0.25, 0.3) is 0 Å². The van der Waals surface area contributed by atoms with Crippen LogP contribution in [0.1, 0.15) is 11.1 Å². The summed E-state index contributed by atoms with van der Waals surface area (Å²) in [5, 5.41) is 0.115. The predicted molar refractivity (Wildman–Crippen MR) is 82.5 cm³/mol. The van der Waals surface area contributed by atoms with Crippen LogP contribution in [0.5, 0.6) is 5.75 Å². The minimum atomic E-state index is -3.74. The number of hydrogen-bond acceptors (Lipinski definition) is 4. The van der Waals surface area contributed by atoms with Crippen molar-refractivity contribution in [3.63, 3.8) is 0 Å². The quantitative estimate of drug-likeness (QED) is 0.876. The van der Waals surface area contributed by atoms with Crippen LogP contribution in [0.2, 0.25) is 5.15 Å². The summed E-state index contributed by atoms with van der Waals surface area (Å²) in [6.07, 6.45) is 1.52. The first kappa shape index (κ1) is 15.6. The molecule has 2 aromatic rings. The Morgan fingerprint density at radius 1 is 1.19 bits per heavy atom. The molecule has 0 fully saturated rings. The maximum atomic E-state index is 12.4. The highest BCUT2D eigenvalue weighted by atomic mass is 35.5. The molecule has 0 saturated carbocycles. The van der Waals surface area contributed by atoms with Gasteiger partial charge in [-0.15, -0.1) is 0 Å². The first-order valence-corrected chi connectivity index (χ1v) is 8.00. The molecule has 0 aliphatic rings. The van der Waals surface area contributed by atoms with E-state index in [4.69, 9.17) is 16.3 Å². The van der Waals surface area contributed by atoms with Gasteiger partial charge in [-0.2, -0.15) is 0 Å². The predicted octanol–water partition coefficient (Wildman–Crippen LogP) is 3.16.